The van der Waals surface area contributed by atoms with Gasteiger partial charge >= 0.3 is 0 Å². The summed E-state index contributed by atoms with van der Waals surface area (Å²) in [6.07, 6.45) is 5.42. The number of aryl methyl sites for hydroxylation is 1. The second-order valence-electron chi connectivity index (χ2n) is 23.6. The molecule has 2 aromatic heterocycles. The number of amides is 4. The number of piperidine rings is 1. The zero-order chi connectivity index (χ0) is 61.0. The first-order valence-corrected chi connectivity index (χ1v) is 29.5. The van der Waals surface area contributed by atoms with Gasteiger partial charge in [-0.1, -0.05) is 102 Å². The molecule has 2 aliphatic heterocycles. The van der Waals surface area contributed by atoms with Gasteiger partial charge in [0.2, 0.25) is 17.6 Å². The molecule has 85 heavy (non-hydrogen) atoms. The van der Waals surface area contributed by atoms with Crippen molar-refractivity contribution in [2.75, 3.05) is 31.1 Å². The molecule has 6 N–H and O–H groups in total. The van der Waals surface area contributed by atoms with Crippen LogP contribution in [0.4, 0.5) is 5.82 Å². The molecule has 4 aromatic carbocycles. The zero-order valence-electron chi connectivity index (χ0n) is 49.8. The third-order valence-corrected chi connectivity index (χ3v) is 15.4. The van der Waals surface area contributed by atoms with E-state index in [9.17, 15) is 39.0 Å². The van der Waals surface area contributed by atoms with Crippen LogP contribution in [0.15, 0.2) is 109 Å². The molecule has 0 radical (unpaired) electrons. The molecule has 5 atom stereocenters. The molecule has 20 heteroatoms. The Morgan fingerprint density at radius 2 is 1.36 bits per heavy atom. The standard InChI is InChI=1S/C65H80N10O10/c1-9-66-64(83)60-73-72-59(49-34-48(41(6)7)54(76)35-55(49)77)75(60)45-21-23-46(24-22-45)85-47-26-28-74(29-27-47)57-37-67-53(36-68-57)63(82)69-50(25-20-42-16-12-10-13-17-42)62(81)70-51(30-39(2)3)56(78)33-44(32-43-18-14-11-15-19-43)61(80)71-52(31-40(4)5)58(79)65(8)38-84-65/h10-19,21-24,34-37,39-41,44,47,50-52,76-77H,9,20,25-33,38H2,1-8H3,(H,66,83)(H,69,82)(H,70,81)(H,71,80)/t44-,50+,51+,52+,65-/m1/s1. The molecule has 0 aliphatic carbocycles. The predicted octanol–water partition coefficient (Wildman–Crippen LogP) is 8.03. The number of phenols is 2. The van der Waals surface area contributed by atoms with Crippen molar-refractivity contribution in [3.63, 3.8) is 0 Å². The lowest BCUT2D eigenvalue weighted by atomic mass is 9.87. The second-order valence-corrected chi connectivity index (χ2v) is 23.6. The number of nitrogens with one attached hydrogen (secondary N) is 4. The Hall–Kier alpha value is -8.52. The van der Waals surface area contributed by atoms with Crippen LogP contribution in [0.3, 0.4) is 0 Å². The van der Waals surface area contributed by atoms with E-state index in [1.54, 1.807) is 48.7 Å². The minimum atomic E-state index is -1.08. The van der Waals surface area contributed by atoms with Gasteiger partial charge in [0.1, 0.15) is 46.5 Å². The van der Waals surface area contributed by atoms with Crippen molar-refractivity contribution in [1.82, 2.24) is 46.0 Å². The van der Waals surface area contributed by atoms with E-state index in [1.807, 2.05) is 102 Å². The number of ketones is 2. The fourth-order valence-corrected chi connectivity index (χ4v) is 10.6. The molecule has 6 aromatic rings. The number of nitrogens with zero attached hydrogens (tertiary/aromatic N) is 6. The summed E-state index contributed by atoms with van der Waals surface area (Å²) < 4.78 is 13.5. The Morgan fingerprint density at radius 1 is 0.729 bits per heavy atom. The lowest BCUT2D eigenvalue weighted by Gasteiger charge is -2.32. The molecule has 0 unspecified atom stereocenters. The summed E-state index contributed by atoms with van der Waals surface area (Å²) in [5, 5.41) is 41.6. The first-order chi connectivity index (χ1) is 40.7. The summed E-state index contributed by atoms with van der Waals surface area (Å²) in [5.74, 6) is -2.31. The maximum Gasteiger partial charge on any atom is 0.289 e. The van der Waals surface area contributed by atoms with Crippen molar-refractivity contribution < 1.29 is 48.5 Å². The van der Waals surface area contributed by atoms with Crippen LogP contribution in [-0.2, 0) is 36.8 Å². The van der Waals surface area contributed by atoms with Gasteiger partial charge in [0.05, 0.1) is 36.6 Å². The van der Waals surface area contributed by atoms with Crippen LogP contribution in [0.1, 0.15) is 138 Å². The molecule has 4 amide bonds. The summed E-state index contributed by atoms with van der Waals surface area (Å²) in [6.45, 7) is 17.0. The van der Waals surface area contributed by atoms with Crippen molar-refractivity contribution in [2.45, 2.75) is 143 Å². The maximum absolute atomic E-state index is 14.5. The smallest absolute Gasteiger partial charge is 0.289 e. The van der Waals surface area contributed by atoms with Gasteiger partial charge in [-0.3, -0.25) is 33.3 Å². The van der Waals surface area contributed by atoms with Crippen LogP contribution in [0, 0.1) is 17.8 Å². The molecular weight excluding hydrogens is 1080 g/mol. The van der Waals surface area contributed by atoms with Gasteiger partial charge in [-0.25, -0.2) is 9.97 Å². The molecular formula is C65H80N10O10. The van der Waals surface area contributed by atoms with E-state index in [1.165, 1.54) is 18.5 Å². The number of benzene rings is 4. The van der Waals surface area contributed by atoms with E-state index in [-0.39, 0.29) is 96.6 Å². The Balaban J connectivity index is 0.911. The number of rotatable bonds is 28. The first-order valence-electron chi connectivity index (χ1n) is 29.5. The molecule has 20 nitrogen and oxygen atoms in total. The van der Waals surface area contributed by atoms with Crippen molar-refractivity contribution in [2.24, 2.45) is 17.8 Å². The largest absolute Gasteiger partial charge is 0.508 e. The average Bonchev–Trinajstić information content (AvgIpc) is 3.21. The van der Waals surface area contributed by atoms with E-state index in [4.69, 9.17) is 9.47 Å². The van der Waals surface area contributed by atoms with Crippen molar-refractivity contribution in [3.05, 3.63) is 138 Å². The predicted molar refractivity (Wildman–Crippen MR) is 322 cm³/mol. The van der Waals surface area contributed by atoms with E-state index < -0.39 is 53.3 Å². The highest BCUT2D eigenvalue weighted by atomic mass is 16.6. The fourth-order valence-electron chi connectivity index (χ4n) is 10.6. The summed E-state index contributed by atoms with van der Waals surface area (Å²) >= 11 is 0. The summed E-state index contributed by atoms with van der Waals surface area (Å²) in [5.41, 5.74) is 2.29. The third kappa shape index (κ3) is 16.4. The lowest BCUT2D eigenvalue weighted by Crippen LogP contribution is -2.53. The monoisotopic (exact) mass is 1160 g/mol. The normalized spacial score (nSPS) is 16.5. The van der Waals surface area contributed by atoms with Crippen LogP contribution in [0.2, 0.25) is 0 Å². The fraction of sp³-hybridized carbons (Fsp3) is 0.446. The van der Waals surface area contributed by atoms with Gasteiger partial charge < -0.3 is 45.9 Å². The van der Waals surface area contributed by atoms with E-state index in [0.717, 1.165) is 11.1 Å². The Morgan fingerprint density at radius 3 is 1.96 bits per heavy atom. The molecule has 4 heterocycles. The van der Waals surface area contributed by atoms with Crippen molar-refractivity contribution >= 4 is 41.0 Å². The highest BCUT2D eigenvalue weighted by Crippen LogP contribution is 2.39. The third-order valence-electron chi connectivity index (χ3n) is 15.4. The maximum atomic E-state index is 14.5. The number of hydrogen-bond acceptors (Lipinski definition) is 15. The second kappa shape index (κ2) is 28.4. The highest BCUT2D eigenvalue weighted by molar-refractivity contribution is 5.99. The molecule has 0 spiro atoms. The number of aromatic nitrogens is 5. The number of epoxide rings is 1. The molecule has 450 valence electrons. The average molecular weight is 1160 g/mol. The Kier molecular flexibility index (Phi) is 20.9. The van der Waals surface area contributed by atoms with Crippen LogP contribution in [-0.4, -0.2) is 126 Å². The van der Waals surface area contributed by atoms with Crippen molar-refractivity contribution in [1.29, 1.82) is 0 Å². The quantitative estimate of drug-likeness (QED) is 0.0254. The lowest BCUT2D eigenvalue weighted by molar-refractivity contribution is -0.135. The molecule has 0 saturated carbocycles. The Bertz CT molecular complexity index is 3270. The number of ether oxygens (including phenoxy) is 2. The number of anilines is 1. The van der Waals surface area contributed by atoms with Crippen LogP contribution in [0.25, 0.3) is 17.1 Å². The van der Waals surface area contributed by atoms with E-state index in [0.29, 0.717) is 73.7 Å². The van der Waals surface area contributed by atoms with Crippen LogP contribution in [0.5, 0.6) is 17.2 Å². The molecule has 8 rings (SSSR count). The van der Waals surface area contributed by atoms with E-state index >= 15 is 0 Å². The summed E-state index contributed by atoms with van der Waals surface area (Å²) in [4.78, 5) is 95.3. The Labute approximate surface area is 496 Å². The zero-order valence-corrected chi connectivity index (χ0v) is 49.8. The van der Waals surface area contributed by atoms with Crippen molar-refractivity contribution in [3.8, 4) is 34.3 Å². The van der Waals surface area contributed by atoms with Gasteiger partial charge in [-0.15, -0.1) is 10.2 Å². The SMILES string of the molecule is CCNC(=O)c1nnc(-c2cc(C(C)C)c(O)cc2O)n1-c1ccc(OC2CCN(c3cnc(C(=O)N[C@@H](CCc4ccccc4)C(=O)N[C@@H](CC(C)C)C(=O)C[C@@H](Cc4ccccc4)C(=O)N[C@@H](CC(C)C)C(=O)[C@@]4(C)CO4)cn3)CC2)cc1. The summed E-state index contributed by atoms with van der Waals surface area (Å²) in [6, 6.07) is 26.2. The van der Waals surface area contributed by atoms with Crippen LogP contribution >= 0.6 is 0 Å². The number of carbonyl (C=O) groups excluding carboxylic acids is 6. The number of carbonyl (C=O) groups is 6. The first kappa shape index (κ1) is 62.5. The van der Waals surface area contributed by atoms with Crippen LogP contribution < -0.4 is 30.9 Å². The molecule has 0 bridgehead atoms. The minimum absolute atomic E-state index is 0.000813. The minimum Gasteiger partial charge on any atom is -0.508 e. The molecule has 2 saturated heterocycles. The van der Waals surface area contributed by atoms with E-state index in [2.05, 4.69) is 46.3 Å². The van der Waals surface area contributed by atoms with Gasteiger partial charge in [-0.2, -0.15) is 0 Å². The van der Waals surface area contributed by atoms with Gasteiger partial charge in [0, 0.05) is 56.6 Å². The molecule has 2 fully saturated rings. The highest BCUT2D eigenvalue weighted by Gasteiger charge is 2.50. The number of hydrogen-bond donors (Lipinski definition) is 6. The topological polar surface area (TPSA) is 272 Å². The van der Waals surface area contributed by atoms with Gasteiger partial charge in [0.25, 0.3) is 11.8 Å². The number of Topliss-reactive ketones (excluding diaryl/α,β-unsaturated/α-hetero) is 2. The van der Waals surface area contributed by atoms with Gasteiger partial charge in [0.15, 0.2) is 17.4 Å². The summed E-state index contributed by atoms with van der Waals surface area (Å²) in [7, 11) is 0. The number of aromatic hydroxyl groups is 2. The van der Waals surface area contributed by atoms with Gasteiger partial charge in [-0.05, 0) is 111 Å². The number of phenolic OH excluding ortho intramolecular Hbond substituents is 2. The molecule has 2 aliphatic rings.